The van der Waals surface area contributed by atoms with E-state index in [1.807, 2.05) is 18.2 Å². The van der Waals surface area contributed by atoms with E-state index in [4.69, 9.17) is 15.0 Å². The second kappa shape index (κ2) is 12.9. The van der Waals surface area contributed by atoms with Crippen LogP contribution in [0.4, 0.5) is 34.1 Å². The van der Waals surface area contributed by atoms with Gasteiger partial charge in [0.1, 0.15) is 0 Å². The summed E-state index contributed by atoms with van der Waals surface area (Å²) in [7, 11) is 0. The van der Waals surface area contributed by atoms with Gasteiger partial charge in [0.25, 0.3) is 0 Å². The lowest BCUT2D eigenvalue weighted by Gasteiger charge is -2.42. The van der Waals surface area contributed by atoms with Crippen molar-refractivity contribution in [3.05, 3.63) is 198 Å². The van der Waals surface area contributed by atoms with Gasteiger partial charge in [-0.25, -0.2) is 15.0 Å². The molecule has 0 N–H and O–H groups in total. The molecule has 5 heteroatoms. The highest BCUT2D eigenvalue weighted by Gasteiger charge is 2.37. The Morgan fingerprint density at radius 2 is 0.571 bits per heavy atom. The third-order valence-electron chi connectivity index (χ3n) is 11.7. The predicted octanol–water partition coefficient (Wildman–Crippen LogP) is 13.1. The summed E-state index contributed by atoms with van der Waals surface area (Å²) >= 11 is 0. The van der Waals surface area contributed by atoms with Crippen LogP contribution in [0.5, 0.6) is 0 Å². The van der Waals surface area contributed by atoms with Gasteiger partial charge >= 0.3 is 0 Å². The van der Waals surface area contributed by atoms with Crippen LogP contribution in [0.1, 0.15) is 49.9 Å². The molecule has 0 saturated heterocycles. The van der Waals surface area contributed by atoms with Gasteiger partial charge in [0.15, 0.2) is 17.5 Å². The summed E-state index contributed by atoms with van der Waals surface area (Å²) < 4.78 is 0. The van der Waals surface area contributed by atoms with Crippen LogP contribution in [-0.4, -0.2) is 15.0 Å². The van der Waals surface area contributed by atoms with Gasteiger partial charge in [0.2, 0.25) is 0 Å². The van der Waals surface area contributed by atoms with Gasteiger partial charge in [0, 0.05) is 38.9 Å². The maximum Gasteiger partial charge on any atom is 0.164 e. The Kier molecular flexibility index (Phi) is 7.75. The lowest BCUT2D eigenvalue weighted by molar-refractivity contribution is 0.632. The number of nitrogens with zero attached hydrogens (tertiary/aromatic N) is 5. The number of benzene rings is 7. The van der Waals surface area contributed by atoms with Gasteiger partial charge in [-0.15, -0.1) is 0 Å². The highest BCUT2D eigenvalue weighted by Crippen LogP contribution is 2.53. The lowest BCUT2D eigenvalue weighted by Crippen LogP contribution is -2.30. The van der Waals surface area contributed by atoms with Gasteiger partial charge in [-0.3, -0.25) is 0 Å². The molecule has 2 aliphatic rings. The van der Waals surface area contributed by atoms with Crippen LogP contribution in [0.2, 0.25) is 0 Å². The maximum absolute atomic E-state index is 5.12. The Morgan fingerprint density at radius 3 is 0.893 bits per heavy atom. The van der Waals surface area contributed by atoms with Crippen molar-refractivity contribution in [1.29, 1.82) is 0 Å². The fourth-order valence-electron chi connectivity index (χ4n) is 8.76. The van der Waals surface area contributed by atoms with E-state index in [9.17, 15) is 0 Å². The zero-order valence-corrected chi connectivity index (χ0v) is 32.0. The molecule has 270 valence electrons. The van der Waals surface area contributed by atoms with Gasteiger partial charge in [0.05, 0.1) is 22.7 Å². The molecule has 0 fully saturated rings. The van der Waals surface area contributed by atoms with Crippen LogP contribution in [0.15, 0.2) is 176 Å². The standard InChI is InChI=1S/C51H41N5/c1-50(2)39-18-8-12-22-43(39)55(44-23-13-9-19-40(44)50)37-30-26-35(27-31-37)48-52-47(34-16-6-5-7-17-34)53-49(54-48)36-28-32-38(33-29-36)56-45-24-14-10-20-41(45)51(3,4)42-21-11-15-25-46(42)56/h5-33H,1-4H3. The van der Waals surface area contributed by atoms with Crippen LogP contribution >= 0.6 is 0 Å². The Labute approximate surface area is 328 Å². The van der Waals surface area contributed by atoms with Crippen LogP contribution in [-0.2, 0) is 10.8 Å². The van der Waals surface area contributed by atoms with Crippen molar-refractivity contribution >= 4 is 34.1 Å². The number of aromatic nitrogens is 3. The summed E-state index contributed by atoms with van der Waals surface area (Å²) in [4.78, 5) is 19.9. The molecule has 2 aliphatic heterocycles. The van der Waals surface area contributed by atoms with Crippen molar-refractivity contribution in [2.24, 2.45) is 0 Å². The first-order valence-electron chi connectivity index (χ1n) is 19.3. The number of fused-ring (bicyclic) bond motifs is 4. The van der Waals surface area contributed by atoms with Crippen LogP contribution in [0.25, 0.3) is 34.2 Å². The molecular weight excluding hydrogens is 683 g/mol. The minimum absolute atomic E-state index is 0.114. The number of rotatable bonds is 5. The molecule has 10 rings (SSSR count). The van der Waals surface area contributed by atoms with Gasteiger partial charge < -0.3 is 9.80 Å². The van der Waals surface area contributed by atoms with E-state index in [2.05, 4.69) is 195 Å². The van der Waals surface area contributed by atoms with Crippen LogP contribution < -0.4 is 9.80 Å². The second-order valence-electron chi connectivity index (χ2n) is 15.8. The molecule has 0 unspecified atom stereocenters. The fraction of sp³-hybridized carbons (Fsp3) is 0.118. The zero-order valence-electron chi connectivity index (χ0n) is 32.0. The van der Waals surface area contributed by atoms with Crippen LogP contribution in [0, 0.1) is 0 Å². The van der Waals surface area contributed by atoms with Crippen molar-refractivity contribution in [3.8, 4) is 34.2 Å². The molecular formula is C51H41N5. The number of anilines is 6. The number of hydrogen-bond donors (Lipinski definition) is 0. The monoisotopic (exact) mass is 723 g/mol. The highest BCUT2D eigenvalue weighted by atomic mass is 15.2. The van der Waals surface area contributed by atoms with E-state index < -0.39 is 0 Å². The zero-order chi connectivity index (χ0) is 38.0. The molecule has 0 radical (unpaired) electrons. The molecule has 5 nitrogen and oxygen atoms in total. The van der Waals surface area contributed by atoms with E-state index in [0.29, 0.717) is 17.5 Å². The summed E-state index contributed by atoms with van der Waals surface area (Å²) in [5.41, 5.74) is 14.7. The SMILES string of the molecule is CC1(C)c2ccccc2N(c2ccc(-c3nc(-c4ccccc4)nc(-c4ccc(N5c6ccccc6C(C)(C)c6ccccc65)cc4)n3)cc2)c2ccccc21. The van der Waals surface area contributed by atoms with Crippen molar-refractivity contribution < 1.29 is 0 Å². The van der Waals surface area contributed by atoms with E-state index in [-0.39, 0.29) is 10.8 Å². The van der Waals surface area contributed by atoms with Gasteiger partial charge in [-0.2, -0.15) is 0 Å². The minimum Gasteiger partial charge on any atom is -0.310 e. The molecule has 0 aliphatic carbocycles. The highest BCUT2D eigenvalue weighted by molar-refractivity contribution is 5.88. The number of para-hydroxylation sites is 4. The summed E-state index contributed by atoms with van der Waals surface area (Å²) in [6.45, 7) is 9.25. The average molecular weight is 724 g/mol. The summed E-state index contributed by atoms with van der Waals surface area (Å²) in [5, 5.41) is 0. The Balaban J connectivity index is 1.04. The normalized spacial score (nSPS) is 14.6. The van der Waals surface area contributed by atoms with Crippen LogP contribution in [0.3, 0.4) is 0 Å². The predicted molar refractivity (Wildman–Crippen MR) is 230 cm³/mol. The third kappa shape index (κ3) is 5.34. The molecule has 7 aromatic carbocycles. The van der Waals surface area contributed by atoms with E-state index >= 15 is 0 Å². The molecule has 0 spiro atoms. The van der Waals surface area contributed by atoms with Crippen molar-refractivity contribution in [3.63, 3.8) is 0 Å². The molecule has 0 atom stereocenters. The first-order chi connectivity index (χ1) is 27.3. The van der Waals surface area contributed by atoms with Crippen molar-refractivity contribution in [1.82, 2.24) is 15.0 Å². The molecule has 0 saturated carbocycles. The Morgan fingerprint density at radius 1 is 0.304 bits per heavy atom. The minimum atomic E-state index is -0.114. The van der Waals surface area contributed by atoms with Crippen molar-refractivity contribution in [2.45, 2.75) is 38.5 Å². The van der Waals surface area contributed by atoms with E-state index in [1.165, 1.54) is 45.0 Å². The molecule has 56 heavy (non-hydrogen) atoms. The van der Waals surface area contributed by atoms with Gasteiger partial charge in [-0.05, 0) is 95.1 Å². The first kappa shape index (κ1) is 33.7. The second-order valence-corrected chi connectivity index (χ2v) is 15.8. The summed E-state index contributed by atoms with van der Waals surface area (Å²) in [6, 6.07) is 62.3. The average Bonchev–Trinajstić information content (AvgIpc) is 3.25. The maximum atomic E-state index is 5.12. The molecule has 8 aromatic rings. The van der Waals surface area contributed by atoms with Crippen molar-refractivity contribution in [2.75, 3.05) is 9.80 Å². The fourth-order valence-corrected chi connectivity index (χ4v) is 8.76. The first-order valence-corrected chi connectivity index (χ1v) is 19.3. The summed E-state index contributed by atoms with van der Waals surface area (Å²) in [5.74, 6) is 1.90. The summed E-state index contributed by atoms with van der Waals surface area (Å²) in [6.07, 6.45) is 0. The van der Waals surface area contributed by atoms with E-state index in [1.54, 1.807) is 0 Å². The smallest absolute Gasteiger partial charge is 0.164 e. The molecule has 0 amide bonds. The molecule has 0 bridgehead atoms. The van der Waals surface area contributed by atoms with Gasteiger partial charge in [-0.1, -0.05) is 131 Å². The lowest BCUT2D eigenvalue weighted by atomic mass is 9.73. The Bertz CT molecular complexity index is 2480. The largest absolute Gasteiger partial charge is 0.310 e. The molecule has 3 heterocycles. The van der Waals surface area contributed by atoms with E-state index in [0.717, 1.165) is 28.1 Å². The topological polar surface area (TPSA) is 45.2 Å². The number of hydrogen-bond acceptors (Lipinski definition) is 5. The molecule has 1 aromatic heterocycles. The Hall–Kier alpha value is -6.85. The quantitative estimate of drug-likeness (QED) is 0.177. The third-order valence-corrected chi connectivity index (χ3v) is 11.7.